The van der Waals surface area contributed by atoms with E-state index in [0.29, 0.717) is 11.3 Å². The van der Waals surface area contributed by atoms with Gasteiger partial charge >= 0.3 is 0 Å². The van der Waals surface area contributed by atoms with Gasteiger partial charge in [0.05, 0.1) is 0 Å². The molecular formula is C15H31NO. The summed E-state index contributed by atoms with van der Waals surface area (Å²) in [6, 6.07) is 0. The SMILES string of the molecule is CC(C)CC[C@@H](O)N1CCC(C(C)(C)C)CC1. The van der Waals surface area contributed by atoms with Crippen LogP contribution in [0, 0.1) is 17.3 Å². The average Bonchev–Trinajstić information content (AvgIpc) is 2.25. The molecule has 0 bridgehead atoms. The van der Waals surface area contributed by atoms with E-state index in [1.54, 1.807) is 0 Å². The van der Waals surface area contributed by atoms with Crippen LogP contribution in [0.15, 0.2) is 0 Å². The maximum Gasteiger partial charge on any atom is 0.107 e. The molecule has 1 atom stereocenters. The van der Waals surface area contributed by atoms with Gasteiger partial charge in [-0.05, 0) is 42.9 Å². The molecular weight excluding hydrogens is 210 g/mol. The normalized spacial score (nSPS) is 22.1. The van der Waals surface area contributed by atoms with Crippen LogP contribution < -0.4 is 0 Å². The Labute approximate surface area is 107 Å². The maximum absolute atomic E-state index is 10.1. The number of rotatable bonds is 4. The highest BCUT2D eigenvalue weighted by Crippen LogP contribution is 2.34. The third kappa shape index (κ3) is 4.97. The van der Waals surface area contributed by atoms with Gasteiger partial charge in [-0.1, -0.05) is 34.6 Å². The summed E-state index contributed by atoms with van der Waals surface area (Å²) in [7, 11) is 0. The van der Waals surface area contributed by atoms with Gasteiger partial charge in [0.2, 0.25) is 0 Å². The van der Waals surface area contributed by atoms with Crippen LogP contribution in [0.3, 0.4) is 0 Å². The minimum atomic E-state index is -0.210. The van der Waals surface area contributed by atoms with Gasteiger partial charge in [0.1, 0.15) is 6.23 Å². The number of piperidine rings is 1. The second kappa shape index (κ2) is 6.19. The highest BCUT2D eigenvalue weighted by Gasteiger charge is 2.30. The van der Waals surface area contributed by atoms with Crippen molar-refractivity contribution in [1.82, 2.24) is 4.90 Å². The molecule has 2 nitrogen and oxygen atoms in total. The first-order valence-electron chi connectivity index (χ1n) is 7.23. The number of aliphatic hydroxyl groups excluding tert-OH is 1. The summed E-state index contributed by atoms with van der Waals surface area (Å²) in [5.74, 6) is 1.51. The fraction of sp³-hybridized carbons (Fsp3) is 1.00. The first-order valence-corrected chi connectivity index (χ1v) is 7.23. The number of aliphatic hydroxyl groups is 1. The van der Waals surface area contributed by atoms with E-state index in [4.69, 9.17) is 0 Å². The lowest BCUT2D eigenvalue weighted by Crippen LogP contribution is -2.43. The van der Waals surface area contributed by atoms with E-state index in [0.717, 1.165) is 31.8 Å². The Morgan fingerprint density at radius 3 is 2.06 bits per heavy atom. The predicted molar refractivity (Wildman–Crippen MR) is 73.8 cm³/mol. The van der Waals surface area contributed by atoms with E-state index in [1.807, 2.05) is 0 Å². The first-order chi connectivity index (χ1) is 7.80. The highest BCUT2D eigenvalue weighted by atomic mass is 16.3. The lowest BCUT2D eigenvalue weighted by molar-refractivity contribution is -0.0350. The van der Waals surface area contributed by atoms with Gasteiger partial charge < -0.3 is 5.11 Å². The van der Waals surface area contributed by atoms with Crippen molar-refractivity contribution >= 4 is 0 Å². The zero-order valence-corrected chi connectivity index (χ0v) is 12.4. The summed E-state index contributed by atoms with van der Waals surface area (Å²) in [6.45, 7) is 13.6. The van der Waals surface area contributed by atoms with Crippen molar-refractivity contribution in [2.45, 2.75) is 66.5 Å². The Morgan fingerprint density at radius 2 is 1.65 bits per heavy atom. The Kier molecular flexibility index (Phi) is 5.46. The molecule has 0 saturated carbocycles. The van der Waals surface area contributed by atoms with Gasteiger partial charge in [-0.15, -0.1) is 0 Å². The van der Waals surface area contributed by atoms with Crippen molar-refractivity contribution in [2.24, 2.45) is 17.3 Å². The number of hydrogen-bond donors (Lipinski definition) is 1. The van der Waals surface area contributed by atoms with Crippen molar-refractivity contribution in [3.8, 4) is 0 Å². The molecule has 17 heavy (non-hydrogen) atoms. The van der Waals surface area contributed by atoms with E-state index in [-0.39, 0.29) is 6.23 Å². The molecule has 1 saturated heterocycles. The van der Waals surface area contributed by atoms with Crippen molar-refractivity contribution in [3.63, 3.8) is 0 Å². The van der Waals surface area contributed by atoms with Crippen LogP contribution in [-0.4, -0.2) is 29.3 Å². The Morgan fingerprint density at radius 1 is 1.12 bits per heavy atom. The first kappa shape index (κ1) is 15.0. The third-order valence-electron chi connectivity index (χ3n) is 4.18. The number of nitrogens with zero attached hydrogens (tertiary/aromatic N) is 1. The topological polar surface area (TPSA) is 23.5 Å². The lowest BCUT2D eigenvalue weighted by atomic mass is 9.75. The second-order valence-electron chi connectivity index (χ2n) is 7.13. The molecule has 0 aromatic carbocycles. The molecule has 2 heteroatoms. The summed E-state index contributed by atoms with van der Waals surface area (Å²) < 4.78 is 0. The molecule has 0 aromatic heterocycles. The van der Waals surface area contributed by atoms with Crippen LogP contribution in [0.2, 0.25) is 0 Å². The zero-order chi connectivity index (χ0) is 13.1. The monoisotopic (exact) mass is 241 g/mol. The van der Waals surface area contributed by atoms with Crippen molar-refractivity contribution in [2.75, 3.05) is 13.1 Å². The van der Waals surface area contributed by atoms with E-state index < -0.39 is 0 Å². The van der Waals surface area contributed by atoms with Gasteiger partial charge in [0.15, 0.2) is 0 Å². The molecule has 1 rings (SSSR count). The summed E-state index contributed by atoms with van der Waals surface area (Å²) in [6.07, 6.45) is 4.32. The van der Waals surface area contributed by atoms with Gasteiger partial charge in [-0.25, -0.2) is 0 Å². The van der Waals surface area contributed by atoms with Crippen LogP contribution in [0.4, 0.5) is 0 Å². The molecule has 1 fully saturated rings. The summed E-state index contributed by atoms with van der Waals surface area (Å²) >= 11 is 0. The quantitative estimate of drug-likeness (QED) is 0.814. The standard InChI is InChI=1S/C15H31NO/c1-12(2)6-7-14(17)16-10-8-13(9-11-16)15(3,4)5/h12-14,17H,6-11H2,1-5H3/t14-/m1/s1. The molecule has 0 radical (unpaired) electrons. The lowest BCUT2D eigenvalue weighted by Gasteiger charge is -2.40. The summed E-state index contributed by atoms with van der Waals surface area (Å²) in [5.41, 5.74) is 0.426. The van der Waals surface area contributed by atoms with Crippen molar-refractivity contribution in [1.29, 1.82) is 0 Å². The fourth-order valence-electron chi connectivity index (χ4n) is 2.73. The predicted octanol–water partition coefficient (Wildman–Crippen LogP) is 3.50. The maximum atomic E-state index is 10.1. The minimum Gasteiger partial charge on any atom is -0.378 e. The molecule has 0 aliphatic carbocycles. The number of hydrogen-bond acceptors (Lipinski definition) is 2. The van der Waals surface area contributed by atoms with Crippen LogP contribution >= 0.6 is 0 Å². The summed E-state index contributed by atoms with van der Waals surface area (Å²) in [4.78, 5) is 2.27. The van der Waals surface area contributed by atoms with E-state index in [9.17, 15) is 5.11 Å². The molecule has 1 heterocycles. The highest BCUT2D eigenvalue weighted by molar-refractivity contribution is 4.81. The zero-order valence-electron chi connectivity index (χ0n) is 12.4. The second-order valence-corrected chi connectivity index (χ2v) is 7.13. The van der Waals surface area contributed by atoms with Crippen LogP contribution in [-0.2, 0) is 0 Å². The largest absolute Gasteiger partial charge is 0.378 e. The smallest absolute Gasteiger partial charge is 0.107 e. The Hall–Kier alpha value is -0.0800. The molecule has 0 unspecified atom stereocenters. The van der Waals surface area contributed by atoms with E-state index in [1.165, 1.54) is 12.8 Å². The van der Waals surface area contributed by atoms with Crippen molar-refractivity contribution < 1.29 is 5.11 Å². The van der Waals surface area contributed by atoms with Gasteiger partial charge in [0, 0.05) is 13.1 Å². The average molecular weight is 241 g/mol. The van der Waals surface area contributed by atoms with Gasteiger partial charge in [-0.3, -0.25) is 4.90 Å². The van der Waals surface area contributed by atoms with Crippen LogP contribution in [0.1, 0.15) is 60.3 Å². The van der Waals surface area contributed by atoms with E-state index in [2.05, 4.69) is 39.5 Å². The Balaban J connectivity index is 2.31. The molecule has 1 aliphatic heterocycles. The van der Waals surface area contributed by atoms with Crippen LogP contribution in [0.5, 0.6) is 0 Å². The fourth-order valence-corrected chi connectivity index (χ4v) is 2.73. The molecule has 1 aliphatic rings. The summed E-state index contributed by atoms with van der Waals surface area (Å²) in [5, 5.41) is 10.1. The third-order valence-corrected chi connectivity index (χ3v) is 4.18. The molecule has 0 aromatic rings. The molecule has 0 spiro atoms. The molecule has 0 amide bonds. The minimum absolute atomic E-state index is 0.210. The van der Waals surface area contributed by atoms with Gasteiger partial charge in [0.25, 0.3) is 0 Å². The molecule has 102 valence electrons. The number of likely N-dealkylation sites (tertiary alicyclic amines) is 1. The van der Waals surface area contributed by atoms with E-state index >= 15 is 0 Å². The Bertz CT molecular complexity index is 211. The van der Waals surface area contributed by atoms with Crippen molar-refractivity contribution in [3.05, 3.63) is 0 Å². The molecule has 1 N–H and O–H groups in total. The van der Waals surface area contributed by atoms with Crippen LogP contribution in [0.25, 0.3) is 0 Å². The van der Waals surface area contributed by atoms with Gasteiger partial charge in [-0.2, -0.15) is 0 Å².